The predicted molar refractivity (Wildman–Crippen MR) is 165 cm³/mol. The number of amides is 2. The zero-order chi connectivity index (χ0) is 29.9. The third-order valence-corrected chi connectivity index (χ3v) is 9.83. The standard InChI is InChI=1S/C31H31N5O4S2/c1-20(2)19-24(35-42(39,40)27-17-16-26(41-27)23-14-9-10-18-32-23)30(37)34-29-31(38)36(3)25-15-8-7-13-22(25)28(33-29)21-11-5-4-6-12-21/h4-18,20,24,29,35H,19H2,1-3H3,(H,34,37). The Morgan fingerprint density at radius 2 is 1.69 bits per heavy atom. The van der Waals surface area contributed by atoms with Crippen molar-refractivity contribution in [3.05, 3.63) is 102 Å². The lowest BCUT2D eigenvalue weighted by molar-refractivity contribution is -0.128. The van der Waals surface area contributed by atoms with Gasteiger partial charge >= 0.3 is 0 Å². The highest BCUT2D eigenvalue weighted by Crippen LogP contribution is 2.30. The van der Waals surface area contributed by atoms with Crippen LogP contribution in [0.3, 0.4) is 0 Å². The van der Waals surface area contributed by atoms with E-state index in [0.717, 1.165) is 22.5 Å². The maximum atomic E-state index is 13.7. The SMILES string of the molecule is CC(C)CC(NS(=O)(=O)c1ccc(-c2ccccn2)s1)C(=O)NC1N=C(c2ccccc2)c2ccccc2N(C)C1=O. The van der Waals surface area contributed by atoms with E-state index in [1.165, 1.54) is 11.0 Å². The van der Waals surface area contributed by atoms with E-state index in [0.29, 0.717) is 22.0 Å². The molecule has 0 spiro atoms. The topological polar surface area (TPSA) is 121 Å². The summed E-state index contributed by atoms with van der Waals surface area (Å²) >= 11 is 1.07. The minimum atomic E-state index is -4.06. The molecule has 4 aromatic rings. The van der Waals surface area contributed by atoms with Crippen molar-refractivity contribution >= 4 is 44.6 Å². The number of nitrogens with one attached hydrogen (secondary N) is 2. The van der Waals surface area contributed by atoms with Gasteiger partial charge in [-0.3, -0.25) is 14.6 Å². The molecule has 2 aromatic carbocycles. The summed E-state index contributed by atoms with van der Waals surface area (Å²) in [6.45, 7) is 3.79. The molecule has 1 aliphatic rings. The van der Waals surface area contributed by atoms with Gasteiger partial charge < -0.3 is 10.2 Å². The summed E-state index contributed by atoms with van der Waals surface area (Å²) in [6, 6.07) is 24.3. The monoisotopic (exact) mass is 601 g/mol. The third-order valence-electron chi connectivity index (χ3n) is 6.75. The van der Waals surface area contributed by atoms with Gasteiger partial charge in [-0.25, -0.2) is 13.4 Å². The van der Waals surface area contributed by atoms with Gasteiger partial charge in [-0.15, -0.1) is 11.3 Å². The number of aliphatic imine (C=N–C) groups is 1. The first-order chi connectivity index (χ1) is 20.1. The van der Waals surface area contributed by atoms with Crippen LogP contribution in [0.25, 0.3) is 10.6 Å². The van der Waals surface area contributed by atoms with Crippen molar-refractivity contribution in [3.63, 3.8) is 0 Å². The number of anilines is 1. The molecule has 42 heavy (non-hydrogen) atoms. The number of rotatable bonds is 9. The molecule has 1 aliphatic heterocycles. The molecule has 2 N–H and O–H groups in total. The number of fused-ring (bicyclic) bond motifs is 1. The number of para-hydroxylation sites is 1. The fourth-order valence-electron chi connectivity index (χ4n) is 4.71. The van der Waals surface area contributed by atoms with Crippen molar-refractivity contribution in [2.45, 2.75) is 36.7 Å². The molecule has 5 rings (SSSR count). The van der Waals surface area contributed by atoms with Crippen LogP contribution in [0.4, 0.5) is 5.69 Å². The molecule has 3 heterocycles. The number of sulfonamides is 1. The summed E-state index contributed by atoms with van der Waals surface area (Å²) in [7, 11) is -2.43. The Hall–Kier alpha value is -4.19. The first-order valence-electron chi connectivity index (χ1n) is 13.5. The zero-order valence-electron chi connectivity index (χ0n) is 23.4. The van der Waals surface area contributed by atoms with Crippen molar-refractivity contribution in [1.29, 1.82) is 0 Å². The maximum Gasteiger partial charge on any atom is 0.272 e. The molecule has 9 nitrogen and oxygen atoms in total. The molecule has 2 amide bonds. The van der Waals surface area contributed by atoms with Crippen molar-refractivity contribution in [2.75, 3.05) is 11.9 Å². The van der Waals surface area contributed by atoms with Crippen molar-refractivity contribution in [3.8, 4) is 10.6 Å². The summed E-state index contributed by atoms with van der Waals surface area (Å²) < 4.78 is 29.5. The van der Waals surface area contributed by atoms with E-state index >= 15 is 0 Å². The zero-order valence-corrected chi connectivity index (χ0v) is 25.0. The van der Waals surface area contributed by atoms with Crippen LogP contribution in [0.5, 0.6) is 0 Å². The van der Waals surface area contributed by atoms with Gasteiger partial charge in [0.05, 0.1) is 22.0 Å². The molecule has 216 valence electrons. The summed E-state index contributed by atoms with van der Waals surface area (Å²) in [6.07, 6.45) is 0.596. The number of nitrogens with zero attached hydrogens (tertiary/aromatic N) is 3. The molecule has 2 aromatic heterocycles. The lowest BCUT2D eigenvalue weighted by Gasteiger charge is -2.24. The number of hydrogen-bond donors (Lipinski definition) is 2. The Kier molecular flexibility index (Phi) is 8.62. The lowest BCUT2D eigenvalue weighted by Crippen LogP contribution is -2.53. The molecular weight excluding hydrogens is 571 g/mol. The van der Waals surface area contributed by atoms with Crippen LogP contribution in [0.1, 0.15) is 31.4 Å². The Bertz CT molecular complexity index is 1720. The minimum absolute atomic E-state index is 0.0176. The van der Waals surface area contributed by atoms with Crippen molar-refractivity contribution < 1.29 is 18.0 Å². The summed E-state index contributed by atoms with van der Waals surface area (Å²) in [5, 5.41) is 2.73. The van der Waals surface area contributed by atoms with Gasteiger partial charge in [-0.05, 0) is 42.7 Å². The fourth-order valence-corrected chi connectivity index (χ4v) is 7.22. The Balaban J connectivity index is 1.44. The Labute approximate surface area is 249 Å². The predicted octanol–water partition coefficient (Wildman–Crippen LogP) is 4.46. The highest BCUT2D eigenvalue weighted by molar-refractivity contribution is 7.91. The molecule has 11 heteroatoms. The van der Waals surface area contributed by atoms with Gasteiger partial charge in [-0.2, -0.15) is 4.72 Å². The molecule has 2 atom stereocenters. The molecular formula is C31H31N5O4S2. The van der Waals surface area contributed by atoms with Crippen LogP contribution in [-0.2, 0) is 19.6 Å². The van der Waals surface area contributed by atoms with Crippen LogP contribution < -0.4 is 14.9 Å². The number of benzene rings is 2. The second-order valence-corrected chi connectivity index (χ2v) is 13.3. The van der Waals surface area contributed by atoms with Crippen LogP contribution in [0, 0.1) is 5.92 Å². The van der Waals surface area contributed by atoms with E-state index < -0.39 is 34.0 Å². The first kappa shape index (κ1) is 29.3. The molecule has 0 bridgehead atoms. The van der Waals surface area contributed by atoms with Gasteiger partial charge in [0, 0.05) is 24.4 Å². The number of carbonyl (C=O) groups excluding carboxylic acids is 2. The van der Waals surface area contributed by atoms with Gasteiger partial charge in [0.2, 0.25) is 12.1 Å². The Morgan fingerprint density at radius 3 is 2.40 bits per heavy atom. The van der Waals surface area contributed by atoms with E-state index in [2.05, 4.69) is 15.0 Å². The second kappa shape index (κ2) is 12.4. The van der Waals surface area contributed by atoms with E-state index in [1.54, 1.807) is 31.4 Å². The number of benzodiazepines with no additional fused rings is 1. The van der Waals surface area contributed by atoms with Gasteiger partial charge in [-0.1, -0.05) is 68.4 Å². The Morgan fingerprint density at radius 1 is 0.976 bits per heavy atom. The number of carbonyl (C=O) groups is 2. The van der Waals surface area contributed by atoms with E-state index in [-0.39, 0.29) is 16.5 Å². The fraction of sp³-hybridized carbons (Fsp3) is 0.226. The highest BCUT2D eigenvalue weighted by Gasteiger charge is 2.34. The van der Waals surface area contributed by atoms with Crippen molar-refractivity contribution in [1.82, 2.24) is 15.0 Å². The number of thiophene rings is 1. The number of likely N-dealkylation sites (N-methyl/N-ethyl adjacent to an activating group) is 1. The molecule has 0 saturated carbocycles. The van der Waals surface area contributed by atoms with E-state index in [9.17, 15) is 18.0 Å². The lowest BCUT2D eigenvalue weighted by atomic mass is 10.0. The third kappa shape index (κ3) is 6.33. The molecule has 2 unspecified atom stereocenters. The highest BCUT2D eigenvalue weighted by atomic mass is 32.2. The van der Waals surface area contributed by atoms with E-state index in [1.807, 2.05) is 74.5 Å². The molecule has 0 fully saturated rings. The molecule has 0 radical (unpaired) electrons. The number of hydrogen-bond acceptors (Lipinski definition) is 7. The molecule has 0 aliphatic carbocycles. The van der Waals surface area contributed by atoms with E-state index in [4.69, 9.17) is 4.99 Å². The first-order valence-corrected chi connectivity index (χ1v) is 15.8. The largest absolute Gasteiger partial charge is 0.325 e. The van der Waals surface area contributed by atoms with Gasteiger partial charge in [0.15, 0.2) is 0 Å². The van der Waals surface area contributed by atoms with Crippen LogP contribution in [0.15, 0.2) is 100 Å². The van der Waals surface area contributed by atoms with Gasteiger partial charge in [0.1, 0.15) is 10.3 Å². The average molecular weight is 602 g/mol. The normalized spacial score (nSPS) is 16.0. The summed E-state index contributed by atoms with van der Waals surface area (Å²) in [5.41, 5.74) is 3.40. The summed E-state index contributed by atoms with van der Waals surface area (Å²) in [4.78, 5) is 38.4. The van der Waals surface area contributed by atoms with Crippen LogP contribution >= 0.6 is 11.3 Å². The van der Waals surface area contributed by atoms with Crippen LogP contribution in [-0.4, -0.2) is 50.2 Å². The van der Waals surface area contributed by atoms with Crippen molar-refractivity contribution in [2.24, 2.45) is 10.9 Å². The summed E-state index contributed by atoms with van der Waals surface area (Å²) in [5.74, 6) is -1.09. The van der Waals surface area contributed by atoms with Gasteiger partial charge in [0.25, 0.3) is 15.9 Å². The maximum absolute atomic E-state index is 13.7. The average Bonchev–Trinajstić information content (AvgIpc) is 3.47. The van der Waals surface area contributed by atoms with Crippen LogP contribution in [0.2, 0.25) is 0 Å². The quantitative estimate of drug-likeness (QED) is 0.294. The minimum Gasteiger partial charge on any atom is -0.325 e. The smallest absolute Gasteiger partial charge is 0.272 e. The number of aromatic nitrogens is 1. The second-order valence-electron chi connectivity index (χ2n) is 10.3. The number of pyridine rings is 1. The molecule has 0 saturated heterocycles.